The molecule has 0 N–H and O–H groups in total. The summed E-state index contributed by atoms with van der Waals surface area (Å²) in [5.41, 5.74) is 3.91. The maximum atomic E-state index is 5.47. The van der Waals surface area contributed by atoms with Gasteiger partial charge in [0.2, 0.25) is 0 Å². The number of rotatable bonds is 5. The summed E-state index contributed by atoms with van der Waals surface area (Å²) in [5.74, 6) is 0. The van der Waals surface area contributed by atoms with E-state index in [9.17, 15) is 0 Å². The van der Waals surface area contributed by atoms with Crippen molar-refractivity contribution in [3.8, 4) is 22.5 Å². The molecule has 0 spiro atoms. The largest absolute Gasteiger partial charge is 0.257 e. The first-order chi connectivity index (χ1) is 14.5. The lowest BCUT2D eigenvalue weighted by molar-refractivity contribution is 0.721. The minimum Gasteiger partial charge on any atom is -0.257 e. The molecule has 0 unspecified atom stereocenters. The second-order valence-electron chi connectivity index (χ2n) is 6.54. The molecular formula is C22H18N4S4. The molecule has 8 heteroatoms. The van der Waals surface area contributed by atoms with Crippen LogP contribution in [0.25, 0.3) is 22.5 Å². The first-order valence-electron chi connectivity index (χ1n) is 9.15. The van der Waals surface area contributed by atoms with Crippen molar-refractivity contribution >= 4 is 46.0 Å². The summed E-state index contributed by atoms with van der Waals surface area (Å²) in [7, 11) is 6.98. The van der Waals surface area contributed by atoms with E-state index in [1.807, 2.05) is 62.6 Å². The first-order valence-corrected chi connectivity index (χ1v) is 12.1. The van der Waals surface area contributed by atoms with E-state index in [1.165, 1.54) is 0 Å². The van der Waals surface area contributed by atoms with Gasteiger partial charge in [-0.2, -0.15) is 10.2 Å². The van der Waals surface area contributed by atoms with Crippen LogP contribution in [0, 0.1) is 9.28 Å². The Balaban J connectivity index is 1.75. The highest BCUT2D eigenvalue weighted by atomic mass is 33.1. The van der Waals surface area contributed by atoms with Crippen LogP contribution in [-0.4, -0.2) is 19.6 Å². The van der Waals surface area contributed by atoms with Crippen molar-refractivity contribution in [3.05, 3.63) is 82.1 Å². The van der Waals surface area contributed by atoms with Gasteiger partial charge in [-0.3, -0.25) is 9.36 Å². The van der Waals surface area contributed by atoms with Crippen molar-refractivity contribution < 1.29 is 0 Å². The Kier molecular flexibility index (Phi) is 6.48. The summed E-state index contributed by atoms with van der Waals surface area (Å²) in [6.45, 7) is 0. The molecule has 0 radical (unpaired) electrons. The number of hydrogen-bond acceptors (Lipinski definition) is 6. The van der Waals surface area contributed by atoms with Crippen LogP contribution in [0.15, 0.2) is 82.6 Å². The van der Waals surface area contributed by atoms with Crippen LogP contribution in [0.3, 0.4) is 0 Å². The average Bonchev–Trinajstić information content (AvgIpc) is 2.77. The summed E-state index contributed by atoms with van der Waals surface area (Å²) >= 11 is 10.9. The third-order valence-corrected chi connectivity index (χ3v) is 7.59. The molecule has 4 rings (SSSR count). The molecule has 150 valence electrons. The zero-order chi connectivity index (χ0) is 21.1. The van der Waals surface area contributed by atoms with E-state index in [-0.39, 0.29) is 0 Å². The number of aromatic nitrogens is 4. The lowest BCUT2D eigenvalue weighted by atomic mass is 10.1. The van der Waals surface area contributed by atoms with Gasteiger partial charge in [0.25, 0.3) is 0 Å². The predicted octanol–water partition coefficient (Wildman–Crippen LogP) is 6.75. The van der Waals surface area contributed by atoms with E-state index in [0.717, 1.165) is 32.3 Å². The fourth-order valence-corrected chi connectivity index (χ4v) is 5.60. The Bertz CT molecular complexity index is 1200. The quantitative estimate of drug-likeness (QED) is 0.239. The first kappa shape index (κ1) is 21.0. The van der Waals surface area contributed by atoms with Crippen molar-refractivity contribution in [3.63, 3.8) is 0 Å². The molecule has 0 saturated carbocycles. The molecule has 0 bridgehead atoms. The van der Waals surface area contributed by atoms with Gasteiger partial charge in [-0.05, 0) is 33.7 Å². The van der Waals surface area contributed by atoms with Crippen LogP contribution in [0.2, 0.25) is 0 Å². The smallest absolute Gasteiger partial charge is 0.123 e. The normalized spacial score (nSPS) is 10.9. The van der Waals surface area contributed by atoms with Crippen molar-refractivity contribution in [2.24, 2.45) is 14.1 Å². The average molecular weight is 467 g/mol. The molecule has 0 saturated heterocycles. The zero-order valence-corrected chi connectivity index (χ0v) is 19.6. The minimum atomic E-state index is 0.683. The van der Waals surface area contributed by atoms with E-state index in [2.05, 4.69) is 24.3 Å². The van der Waals surface area contributed by atoms with Gasteiger partial charge in [-0.1, -0.05) is 85.1 Å². The summed E-state index contributed by atoms with van der Waals surface area (Å²) in [4.78, 5) is 2.01. The lowest BCUT2D eigenvalue weighted by Crippen LogP contribution is -2.02. The Morgan fingerprint density at radius 1 is 0.633 bits per heavy atom. The van der Waals surface area contributed by atoms with Crippen molar-refractivity contribution in [2.45, 2.75) is 9.79 Å². The molecule has 30 heavy (non-hydrogen) atoms. The topological polar surface area (TPSA) is 35.6 Å². The van der Waals surface area contributed by atoms with Crippen molar-refractivity contribution in [1.29, 1.82) is 0 Å². The SMILES string of the molecule is Cn1nc(-c2ccccc2)c(SSc2cc(=S)n(C)nc2-c2ccccc2)cc1=S. The fraction of sp³-hybridized carbons (Fsp3) is 0.0909. The number of aryl methyl sites for hydroxylation is 2. The standard InChI is InChI=1S/C22H18N4S4/c1-25-19(27)13-17(21(23-25)15-9-5-3-6-10-15)29-30-18-14-20(28)26(2)24-22(18)16-11-7-4-8-12-16/h3-14H,1-2H3. The van der Waals surface area contributed by atoms with Crippen LogP contribution in [0.4, 0.5) is 0 Å². The van der Waals surface area contributed by atoms with Gasteiger partial charge in [0.1, 0.15) is 20.7 Å². The molecule has 2 aromatic heterocycles. The van der Waals surface area contributed by atoms with Crippen molar-refractivity contribution in [2.75, 3.05) is 0 Å². The molecule has 4 aromatic rings. The Labute approximate surface area is 193 Å². The maximum Gasteiger partial charge on any atom is 0.123 e. The van der Waals surface area contributed by atoms with Crippen LogP contribution in [0.5, 0.6) is 0 Å². The molecule has 2 heterocycles. The summed E-state index contributed by atoms with van der Waals surface area (Å²) < 4.78 is 4.82. The van der Waals surface area contributed by atoms with Gasteiger partial charge in [0.15, 0.2) is 0 Å². The molecule has 0 aliphatic carbocycles. The number of hydrogen-bond donors (Lipinski definition) is 0. The number of benzene rings is 2. The van der Waals surface area contributed by atoms with E-state index in [4.69, 9.17) is 34.6 Å². The summed E-state index contributed by atoms with van der Waals surface area (Å²) in [6, 6.07) is 24.3. The third-order valence-electron chi connectivity index (χ3n) is 4.43. The van der Waals surface area contributed by atoms with Crippen LogP contribution >= 0.6 is 46.0 Å². The van der Waals surface area contributed by atoms with E-state index in [0.29, 0.717) is 9.28 Å². The predicted molar refractivity (Wildman–Crippen MR) is 131 cm³/mol. The highest BCUT2D eigenvalue weighted by Gasteiger charge is 2.14. The second-order valence-corrected chi connectivity index (χ2v) is 9.59. The third kappa shape index (κ3) is 4.57. The summed E-state index contributed by atoms with van der Waals surface area (Å²) in [5, 5.41) is 9.41. The van der Waals surface area contributed by atoms with Gasteiger partial charge >= 0.3 is 0 Å². The highest BCUT2D eigenvalue weighted by Crippen LogP contribution is 2.44. The van der Waals surface area contributed by atoms with Crippen molar-refractivity contribution in [1.82, 2.24) is 19.6 Å². The maximum absolute atomic E-state index is 5.47. The minimum absolute atomic E-state index is 0.683. The molecule has 0 amide bonds. The van der Waals surface area contributed by atoms with Gasteiger partial charge in [-0.15, -0.1) is 0 Å². The van der Waals surface area contributed by atoms with Gasteiger partial charge < -0.3 is 0 Å². The Morgan fingerprint density at radius 2 is 1.00 bits per heavy atom. The second kappa shape index (κ2) is 9.26. The van der Waals surface area contributed by atoms with Crippen LogP contribution in [0.1, 0.15) is 0 Å². The van der Waals surface area contributed by atoms with E-state index in [1.54, 1.807) is 31.0 Å². The Morgan fingerprint density at radius 3 is 1.37 bits per heavy atom. The van der Waals surface area contributed by atoms with Gasteiger partial charge in [-0.25, -0.2) is 0 Å². The molecule has 4 nitrogen and oxygen atoms in total. The lowest BCUT2D eigenvalue weighted by Gasteiger charge is -2.13. The Hall–Kier alpha value is -2.26. The fourth-order valence-electron chi connectivity index (χ4n) is 2.85. The molecule has 2 aromatic carbocycles. The molecule has 0 aliphatic heterocycles. The molecular weight excluding hydrogens is 449 g/mol. The molecule has 0 aliphatic rings. The van der Waals surface area contributed by atoms with Crippen LogP contribution < -0.4 is 0 Å². The molecule has 0 fully saturated rings. The highest BCUT2D eigenvalue weighted by molar-refractivity contribution is 8.76. The number of nitrogens with zero attached hydrogens (tertiary/aromatic N) is 4. The van der Waals surface area contributed by atoms with Gasteiger partial charge in [0.05, 0.1) is 0 Å². The monoisotopic (exact) mass is 466 g/mol. The molecule has 0 atom stereocenters. The van der Waals surface area contributed by atoms with E-state index < -0.39 is 0 Å². The summed E-state index contributed by atoms with van der Waals surface area (Å²) in [6.07, 6.45) is 0. The van der Waals surface area contributed by atoms with Crippen LogP contribution in [-0.2, 0) is 14.1 Å². The van der Waals surface area contributed by atoms with E-state index >= 15 is 0 Å². The van der Waals surface area contributed by atoms with Gasteiger partial charge in [0, 0.05) is 35.0 Å². The zero-order valence-electron chi connectivity index (χ0n) is 16.4.